The monoisotopic (exact) mass is 1090 g/mol. The number of esters is 2. The summed E-state index contributed by atoms with van der Waals surface area (Å²) in [7, 11) is 3.81. The summed E-state index contributed by atoms with van der Waals surface area (Å²) in [4.78, 5) is 66.1. The van der Waals surface area contributed by atoms with E-state index in [0.29, 0.717) is 25.6 Å². The highest BCUT2D eigenvalue weighted by Crippen LogP contribution is 2.40. The van der Waals surface area contributed by atoms with Crippen LogP contribution in [0.5, 0.6) is 0 Å². The van der Waals surface area contributed by atoms with Gasteiger partial charge in [-0.3, -0.25) is 19.2 Å². The van der Waals surface area contributed by atoms with Gasteiger partial charge in [-0.25, -0.2) is 4.79 Å². The first-order valence-corrected chi connectivity index (χ1v) is 25.7. The lowest BCUT2D eigenvalue weighted by Gasteiger charge is -2.52. The Morgan fingerprint density at radius 3 is 1.97 bits per heavy atom. The van der Waals surface area contributed by atoms with E-state index in [1.165, 1.54) is 32.9 Å². The average Bonchev–Trinajstić information content (AvgIpc) is 3.35. The van der Waals surface area contributed by atoms with Crippen LogP contribution in [0, 0.1) is 23.7 Å². The van der Waals surface area contributed by atoms with Crippen molar-refractivity contribution in [1.29, 1.82) is 0 Å². The van der Waals surface area contributed by atoms with Crippen molar-refractivity contribution >= 4 is 41.4 Å². The normalized spacial score (nSPS) is 31.6. The molecule has 12 N–H and O–H groups in total. The molecule has 3 aliphatic rings. The topological polar surface area (TPSA) is 396 Å². The number of aliphatic hydroxyl groups is 9. The lowest BCUT2D eigenvalue weighted by molar-refractivity contribution is -0.379. The Kier molecular flexibility index (Phi) is 28.3. The molecule has 17 atom stereocenters. The third-order valence-corrected chi connectivity index (χ3v) is 14.0. The van der Waals surface area contributed by atoms with Gasteiger partial charge in [-0.05, 0) is 17.8 Å². The molecule has 0 bridgehead atoms. The molecule has 28 heteroatoms. The molecule has 0 aromatic heterocycles. The molecule has 0 aliphatic carbocycles. The van der Waals surface area contributed by atoms with Gasteiger partial charge in [0.1, 0.15) is 67.6 Å². The summed E-state index contributed by atoms with van der Waals surface area (Å²) in [5, 5.41) is 107. The van der Waals surface area contributed by atoms with E-state index in [1.807, 2.05) is 27.7 Å². The summed E-state index contributed by atoms with van der Waals surface area (Å²) < 4.78 is 55.7. The molecule has 0 aromatic carbocycles. The number of carbonyl (C=O) groups excluding carboxylic acids is 5. The third-order valence-electron chi connectivity index (χ3n) is 12.9. The number of carbonyl (C=O) groups is 5. The fourth-order valence-corrected chi connectivity index (χ4v) is 10.2. The Labute approximate surface area is 434 Å². The van der Waals surface area contributed by atoms with Gasteiger partial charge in [0, 0.05) is 39.1 Å². The molecular weight excluding hydrogens is 1010 g/mol. The van der Waals surface area contributed by atoms with E-state index in [1.54, 1.807) is 0 Å². The standard InChI is InChI=1S/C46H81N3O24S/c1-22(2)32(23(3)4)39-34(48-24(5)53)40(36(59)28(19-51)69-39)71-44-38(61)42(37(60)29(20-52)70-44)73-46(45(63)66-8)16-26(54)33(41(72-46)35(58)27(55)18-50)49-30(56)17-47-43(62)25(15-31(57)68-12-10-65-7)21-74-14-13-67-11-9-64-6/h22-23,25-29,32-42,44,50-52,54-55,58-61H,9-21H2,1-8H3,(H,47,62)(H,48,53)(H,49,56)/t25?,26-,27-,28?,29?,33-,34?,35-,36+,37+,38?,39+,40-,41?,42+,44+,46+/m1/s1. The SMILES string of the molecule is COCCOCCSCC(CC(=O)OCCOC)C(=O)NCC(=O)N[C@H]1C([C@H](O)[C@H](O)CO)O[C@@](O[C@@H]2C(O)[C@H](O[C@@H]3C(NC(C)=O)[C@H](C(C(C)C)C(C)C)OC(CO)[C@@H]3O)OC(CO)[C@@H]2O)(C(=O)OC)C[C@H]1O. The molecule has 3 rings (SSSR count). The van der Waals surface area contributed by atoms with Gasteiger partial charge in [0.15, 0.2) is 6.29 Å². The van der Waals surface area contributed by atoms with Crippen molar-refractivity contribution in [3.05, 3.63) is 0 Å². The second kappa shape index (κ2) is 32.0. The van der Waals surface area contributed by atoms with Crippen LogP contribution < -0.4 is 16.0 Å². The molecule has 6 unspecified atom stereocenters. The fraction of sp³-hybridized carbons (Fsp3) is 0.891. The van der Waals surface area contributed by atoms with Crippen LogP contribution in [-0.4, -0.2) is 265 Å². The molecule has 0 radical (unpaired) electrons. The van der Waals surface area contributed by atoms with E-state index in [-0.39, 0.29) is 43.1 Å². The molecule has 27 nitrogen and oxygen atoms in total. The number of aliphatic hydroxyl groups excluding tert-OH is 9. The molecule has 0 aromatic rings. The second-order valence-corrected chi connectivity index (χ2v) is 20.1. The van der Waals surface area contributed by atoms with Gasteiger partial charge in [0.25, 0.3) is 5.79 Å². The van der Waals surface area contributed by atoms with Crippen molar-refractivity contribution < 1.29 is 117 Å². The Balaban J connectivity index is 1.94. The maximum Gasteiger partial charge on any atom is 0.366 e. The summed E-state index contributed by atoms with van der Waals surface area (Å²) in [5.74, 6) is -8.34. The number of ether oxygens (including phenoxy) is 10. The van der Waals surface area contributed by atoms with Gasteiger partial charge in [-0.2, -0.15) is 11.8 Å². The molecular formula is C46H81N3O24S. The van der Waals surface area contributed by atoms with Crippen LogP contribution in [0.4, 0.5) is 0 Å². The molecule has 3 fully saturated rings. The minimum Gasteiger partial charge on any atom is -0.465 e. The molecule has 0 spiro atoms. The summed E-state index contributed by atoms with van der Waals surface area (Å²) in [6, 6.07) is -2.93. The van der Waals surface area contributed by atoms with Crippen LogP contribution in [-0.2, 0) is 71.3 Å². The van der Waals surface area contributed by atoms with Crippen molar-refractivity contribution in [3.8, 4) is 0 Å². The van der Waals surface area contributed by atoms with E-state index in [0.717, 1.165) is 7.11 Å². The van der Waals surface area contributed by atoms with Crippen LogP contribution in [0.15, 0.2) is 0 Å². The number of amides is 3. The number of methoxy groups -OCH3 is 3. The minimum absolute atomic E-state index is 0.0689. The van der Waals surface area contributed by atoms with E-state index >= 15 is 0 Å². The summed E-state index contributed by atoms with van der Waals surface area (Å²) in [6.45, 7) is 6.38. The van der Waals surface area contributed by atoms with Gasteiger partial charge in [0.2, 0.25) is 17.7 Å². The minimum atomic E-state index is -2.96. The van der Waals surface area contributed by atoms with Crippen LogP contribution in [0.3, 0.4) is 0 Å². The first-order valence-electron chi connectivity index (χ1n) is 24.5. The Morgan fingerprint density at radius 1 is 0.770 bits per heavy atom. The second-order valence-electron chi connectivity index (χ2n) is 18.9. The third kappa shape index (κ3) is 18.0. The Bertz CT molecular complexity index is 1720. The predicted octanol–water partition coefficient (Wildman–Crippen LogP) is -5.32. The Hall–Kier alpha value is -2.98. The number of hydrogen-bond donors (Lipinski definition) is 12. The molecule has 3 amide bonds. The van der Waals surface area contributed by atoms with Crippen molar-refractivity contribution in [2.24, 2.45) is 23.7 Å². The van der Waals surface area contributed by atoms with Crippen molar-refractivity contribution in [2.45, 2.75) is 145 Å². The van der Waals surface area contributed by atoms with E-state index in [4.69, 9.17) is 47.4 Å². The zero-order valence-corrected chi connectivity index (χ0v) is 44.0. The van der Waals surface area contributed by atoms with Crippen LogP contribution in [0.1, 0.15) is 47.5 Å². The molecule has 3 heterocycles. The smallest absolute Gasteiger partial charge is 0.366 e. The first-order chi connectivity index (χ1) is 35.1. The summed E-state index contributed by atoms with van der Waals surface area (Å²) in [5.41, 5.74) is 0. The highest BCUT2D eigenvalue weighted by atomic mass is 32.2. The van der Waals surface area contributed by atoms with Crippen LogP contribution in [0.25, 0.3) is 0 Å². The van der Waals surface area contributed by atoms with Gasteiger partial charge in [0.05, 0.1) is 96.5 Å². The molecule has 430 valence electrons. The molecule has 3 saturated heterocycles. The zero-order chi connectivity index (χ0) is 55.4. The molecule has 3 aliphatic heterocycles. The Morgan fingerprint density at radius 2 is 1.39 bits per heavy atom. The summed E-state index contributed by atoms with van der Waals surface area (Å²) in [6.07, 6.45) is -25.2. The molecule has 74 heavy (non-hydrogen) atoms. The van der Waals surface area contributed by atoms with E-state index in [2.05, 4.69) is 16.0 Å². The summed E-state index contributed by atoms with van der Waals surface area (Å²) >= 11 is 1.29. The van der Waals surface area contributed by atoms with E-state index in [9.17, 15) is 69.9 Å². The van der Waals surface area contributed by atoms with Gasteiger partial charge in [-0.15, -0.1) is 0 Å². The van der Waals surface area contributed by atoms with Crippen LogP contribution in [0.2, 0.25) is 0 Å². The zero-order valence-electron chi connectivity index (χ0n) is 43.2. The fourth-order valence-electron chi connectivity index (χ4n) is 9.25. The quantitative estimate of drug-likeness (QED) is 0.0228. The average molecular weight is 1090 g/mol. The molecule has 0 saturated carbocycles. The number of hydrogen-bond acceptors (Lipinski definition) is 25. The number of thioether (sulfide) groups is 1. The van der Waals surface area contributed by atoms with E-state index < -0.39 is 166 Å². The van der Waals surface area contributed by atoms with Crippen molar-refractivity contribution in [1.82, 2.24) is 16.0 Å². The lowest BCUT2D eigenvalue weighted by Crippen LogP contribution is -2.71. The highest BCUT2D eigenvalue weighted by molar-refractivity contribution is 7.99. The maximum absolute atomic E-state index is 13.9. The number of nitrogens with one attached hydrogen (secondary N) is 3. The van der Waals surface area contributed by atoms with Gasteiger partial charge in [-0.1, -0.05) is 27.7 Å². The van der Waals surface area contributed by atoms with Crippen molar-refractivity contribution in [2.75, 3.05) is 92.2 Å². The van der Waals surface area contributed by atoms with Crippen molar-refractivity contribution in [3.63, 3.8) is 0 Å². The first kappa shape index (κ1) is 65.3. The van der Waals surface area contributed by atoms with Gasteiger partial charge >= 0.3 is 11.9 Å². The largest absolute Gasteiger partial charge is 0.465 e. The lowest BCUT2D eigenvalue weighted by atomic mass is 9.75. The predicted molar refractivity (Wildman–Crippen MR) is 255 cm³/mol. The highest BCUT2D eigenvalue weighted by Gasteiger charge is 2.61. The number of rotatable bonds is 31. The van der Waals surface area contributed by atoms with Crippen LogP contribution >= 0.6 is 11.8 Å². The van der Waals surface area contributed by atoms with Gasteiger partial charge < -0.3 is 109 Å². The maximum atomic E-state index is 13.9.